The second-order valence-corrected chi connectivity index (χ2v) is 6.22. The zero-order valence-corrected chi connectivity index (χ0v) is 12.1. The molecule has 1 amide bonds. The molecule has 3 nitrogen and oxygen atoms in total. The first-order chi connectivity index (χ1) is 9.02. The maximum absolute atomic E-state index is 12.5. The maximum Gasteiger partial charge on any atom is 0.240 e. The van der Waals surface area contributed by atoms with Crippen LogP contribution in [0.4, 0.5) is 0 Å². The number of amides is 1. The molecule has 0 saturated carbocycles. The summed E-state index contributed by atoms with van der Waals surface area (Å²) in [6.07, 6.45) is 2.00. The summed E-state index contributed by atoms with van der Waals surface area (Å²) >= 11 is 0. The molecule has 0 radical (unpaired) electrons. The molecule has 0 bridgehead atoms. The third-order valence-electron chi connectivity index (χ3n) is 3.90. The molecular formula is C16H24N2O. The summed E-state index contributed by atoms with van der Waals surface area (Å²) in [5, 5.41) is 3.16. The molecular weight excluding hydrogens is 236 g/mol. The summed E-state index contributed by atoms with van der Waals surface area (Å²) in [5.74, 6) is 0.233. The minimum absolute atomic E-state index is 0.0366. The summed E-state index contributed by atoms with van der Waals surface area (Å²) in [6.45, 7) is 6.03. The lowest BCUT2D eigenvalue weighted by molar-refractivity contribution is -0.134. The van der Waals surface area contributed by atoms with Crippen LogP contribution in [0, 0.1) is 5.41 Å². The minimum atomic E-state index is -0.0366. The van der Waals surface area contributed by atoms with Gasteiger partial charge in [-0.25, -0.2) is 0 Å². The van der Waals surface area contributed by atoms with Crippen molar-refractivity contribution in [2.75, 3.05) is 13.6 Å². The molecule has 19 heavy (non-hydrogen) atoms. The van der Waals surface area contributed by atoms with Gasteiger partial charge in [0, 0.05) is 13.1 Å². The Balaban J connectivity index is 2.17. The molecule has 1 atom stereocenters. The van der Waals surface area contributed by atoms with Gasteiger partial charge in [-0.1, -0.05) is 44.2 Å². The Morgan fingerprint density at radius 1 is 1.32 bits per heavy atom. The van der Waals surface area contributed by atoms with Crippen molar-refractivity contribution in [1.29, 1.82) is 0 Å². The van der Waals surface area contributed by atoms with E-state index in [2.05, 4.69) is 31.3 Å². The van der Waals surface area contributed by atoms with E-state index in [0.29, 0.717) is 6.54 Å². The number of carbonyl (C=O) groups is 1. The molecule has 1 unspecified atom stereocenters. The van der Waals surface area contributed by atoms with E-state index in [1.54, 1.807) is 0 Å². The monoisotopic (exact) mass is 260 g/mol. The molecule has 1 aromatic carbocycles. The number of likely N-dealkylation sites (N-methyl/N-ethyl adjacent to an activating group) is 1. The fourth-order valence-corrected chi connectivity index (χ4v) is 2.76. The van der Waals surface area contributed by atoms with Crippen molar-refractivity contribution >= 4 is 5.91 Å². The van der Waals surface area contributed by atoms with Crippen molar-refractivity contribution in [3.63, 3.8) is 0 Å². The molecule has 1 N–H and O–H groups in total. The maximum atomic E-state index is 12.5. The lowest BCUT2D eigenvalue weighted by atomic mass is 9.87. The van der Waals surface area contributed by atoms with Crippen LogP contribution in [0.25, 0.3) is 0 Å². The van der Waals surface area contributed by atoms with E-state index in [9.17, 15) is 4.79 Å². The average Bonchev–Trinajstić information content (AvgIpc) is 2.49. The van der Waals surface area contributed by atoms with Gasteiger partial charge in [0.05, 0.1) is 6.04 Å². The van der Waals surface area contributed by atoms with Gasteiger partial charge in [-0.2, -0.15) is 0 Å². The first kappa shape index (κ1) is 14.1. The number of benzene rings is 1. The molecule has 3 heteroatoms. The molecule has 104 valence electrons. The van der Waals surface area contributed by atoms with Crippen LogP contribution < -0.4 is 5.32 Å². The summed E-state index contributed by atoms with van der Waals surface area (Å²) in [5.41, 5.74) is 1.39. The molecule has 0 aromatic heterocycles. The number of carbonyl (C=O) groups excluding carboxylic acids is 1. The molecule has 0 aliphatic carbocycles. The standard InChI is InChI=1S/C16H24N2O/c1-16(2)10-9-14(17-3)15(19)18(12-16)11-13-7-5-4-6-8-13/h4-8,14,17H,9-12H2,1-3H3. The number of nitrogens with one attached hydrogen (secondary N) is 1. The Bertz CT molecular complexity index is 428. The van der Waals surface area contributed by atoms with Gasteiger partial charge in [0.25, 0.3) is 0 Å². The topological polar surface area (TPSA) is 32.3 Å². The van der Waals surface area contributed by atoms with Crippen molar-refractivity contribution in [3.05, 3.63) is 35.9 Å². The van der Waals surface area contributed by atoms with Crippen molar-refractivity contribution < 1.29 is 4.79 Å². The van der Waals surface area contributed by atoms with Gasteiger partial charge in [0.1, 0.15) is 0 Å². The highest BCUT2D eigenvalue weighted by atomic mass is 16.2. The highest BCUT2D eigenvalue weighted by molar-refractivity contribution is 5.82. The Kier molecular flexibility index (Phi) is 4.25. The zero-order chi connectivity index (χ0) is 13.9. The Morgan fingerprint density at radius 3 is 2.63 bits per heavy atom. The number of hydrogen-bond donors (Lipinski definition) is 1. The average molecular weight is 260 g/mol. The minimum Gasteiger partial charge on any atom is -0.336 e. The highest BCUT2D eigenvalue weighted by Gasteiger charge is 2.33. The first-order valence-corrected chi connectivity index (χ1v) is 7.02. The fourth-order valence-electron chi connectivity index (χ4n) is 2.76. The van der Waals surface area contributed by atoms with Gasteiger partial charge in [-0.3, -0.25) is 4.79 Å². The van der Waals surface area contributed by atoms with Crippen molar-refractivity contribution in [3.8, 4) is 0 Å². The SMILES string of the molecule is CNC1CCC(C)(C)CN(Cc2ccccc2)C1=O. The Morgan fingerprint density at radius 2 is 2.00 bits per heavy atom. The molecule has 1 fully saturated rings. The third-order valence-corrected chi connectivity index (χ3v) is 3.90. The van der Waals surface area contributed by atoms with Crippen LogP contribution in [0.5, 0.6) is 0 Å². The first-order valence-electron chi connectivity index (χ1n) is 7.02. The quantitative estimate of drug-likeness (QED) is 0.905. The van der Waals surface area contributed by atoms with Crippen LogP contribution in [0.1, 0.15) is 32.3 Å². The van der Waals surface area contributed by atoms with E-state index in [-0.39, 0.29) is 17.4 Å². The predicted octanol–water partition coefficient (Wildman–Crippen LogP) is 2.42. The smallest absolute Gasteiger partial charge is 0.240 e. The summed E-state index contributed by atoms with van der Waals surface area (Å²) < 4.78 is 0. The number of nitrogens with zero attached hydrogens (tertiary/aromatic N) is 1. The van der Waals surface area contributed by atoms with Crippen molar-refractivity contribution in [2.24, 2.45) is 5.41 Å². The van der Waals surface area contributed by atoms with Gasteiger partial charge in [-0.15, -0.1) is 0 Å². The molecule has 1 heterocycles. The molecule has 1 aliphatic rings. The van der Waals surface area contributed by atoms with Crippen LogP contribution in [-0.4, -0.2) is 30.4 Å². The summed E-state index contributed by atoms with van der Waals surface area (Å²) in [6, 6.07) is 10.2. The lowest BCUT2D eigenvalue weighted by Gasteiger charge is -2.30. The van der Waals surface area contributed by atoms with Crippen LogP contribution in [-0.2, 0) is 11.3 Å². The molecule has 1 saturated heterocycles. The van der Waals surface area contributed by atoms with Gasteiger partial charge in [-0.05, 0) is 30.9 Å². The van der Waals surface area contributed by atoms with E-state index < -0.39 is 0 Å². The van der Waals surface area contributed by atoms with Gasteiger partial charge in [0.15, 0.2) is 0 Å². The molecule has 0 spiro atoms. The largest absolute Gasteiger partial charge is 0.336 e. The van der Waals surface area contributed by atoms with Crippen LogP contribution in [0.3, 0.4) is 0 Å². The third kappa shape index (κ3) is 3.57. The summed E-state index contributed by atoms with van der Waals surface area (Å²) in [7, 11) is 1.88. The van der Waals surface area contributed by atoms with Gasteiger partial charge in [0.2, 0.25) is 5.91 Å². The van der Waals surface area contributed by atoms with E-state index >= 15 is 0 Å². The normalized spacial score (nSPS) is 23.2. The summed E-state index contributed by atoms with van der Waals surface area (Å²) in [4.78, 5) is 14.5. The number of rotatable bonds is 3. The number of hydrogen-bond acceptors (Lipinski definition) is 2. The van der Waals surface area contributed by atoms with Crippen molar-refractivity contribution in [1.82, 2.24) is 10.2 Å². The molecule has 2 rings (SSSR count). The number of likely N-dealkylation sites (tertiary alicyclic amines) is 1. The predicted molar refractivity (Wildman–Crippen MR) is 77.7 cm³/mol. The van der Waals surface area contributed by atoms with Crippen molar-refractivity contribution in [2.45, 2.75) is 39.3 Å². The van der Waals surface area contributed by atoms with Gasteiger partial charge < -0.3 is 10.2 Å². The van der Waals surface area contributed by atoms with E-state index in [4.69, 9.17) is 0 Å². The highest BCUT2D eigenvalue weighted by Crippen LogP contribution is 2.29. The Hall–Kier alpha value is -1.35. The van der Waals surface area contributed by atoms with E-state index in [0.717, 1.165) is 19.4 Å². The van der Waals surface area contributed by atoms with Crippen LogP contribution >= 0.6 is 0 Å². The second-order valence-electron chi connectivity index (χ2n) is 6.22. The van der Waals surface area contributed by atoms with Gasteiger partial charge >= 0.3 is 0 Å². The molecule has 1 aromatic rings. The Labute approximate surface area is 116 Å². The fraction of sp³-hybridized carbons (Fsp3) is 0.562. The lowest BCUT2D eigenvalue weighted by Crippen LogP contribution is -2.44. The van der Waals surface area contributed by atoms with Crippen LogP contribution in [0.2, 0.25) is 0 Å². The zero-order valence-electron chi connectivity index (χ0n) is 12.1. The molecule has 1 aliphatic heterocycles. The van der Waals surface area contributed by atoms with E-state index in [1.165, 1.54) is 5.56 Å². The van der Waals surface area contributed by atoms with E-state index in [1.807, 2.05) is 30.1 Å². The second kappa shape index (κ2) is 5.74. The van der Waals surface area contributed by atoms with Crippen LogP contribution in [0.15, 0.2) is 30.3 Å².